The fourth-order valence-electron chi connectivity index (χ4n) is 5.28. The highest BCUT2D eigenvalue weighted by Crippen LogP contribution is 2.34. The van der Waals surface area contributed by atoms with Gasteiger partial charge in [-0.1, -0.05) is 23.3 Å². The van der Waals surface area contributed by atoms with Gasteiger partial charge >= 0.3 is 5.97 Å². The van der Waals surface area contributed by atoms with Crippen molar-refractivity contribution in [2.45, 2.75) is 108 Å². The number of carbonyl (C=O) groups excluding carboxylic acids is 1. The summed E-state index contributed by atoms with van der Waals surface area (Å²) in [6, 6.07) is 3.02. The van der Waals surface area contributed by atoms with Gasteiger partial charge < -0.3 is 59.4 Å². The molecule has 13 heteroatoms. The summed E-state index contributed by atoms with van der Waals surface area (Å²) in [5, 5.41) is 72.7. The van der Waals surface area contributed by atoms with E-state index in [2.05, 4.69) is 0 Å². The highest BCUT2D eigenvalue weighted by molar-refractivity contribution is 5.90. The van der Waals surface area contributed by atoms with Crippen LogP contribution in [0, 0.1) is 0 Å². The summed E-state index contributed by atoms with van der Waals surface area (Å²) in [6.45, 7) is 6.92. The molecule has 1 aliphatic heterocycles. The van der Waals surface area contributed by atoms with E-state index >= 15 is 0 Å². The topological polar surface area (TPSA) is 205 Å². The Morgan fingerprint density at radius 2 is 1.27 bits per heavy atom. The van der Waals surface area contributed by atoms with Gasteiger partial charge in [0.05, 0.1) is 12.2 Å². The Morgan fingerprint density at radius 1 is 0.750 bits per heavy atom. The molecule has 3 rings (SSSR count). The molecule has 1 heterocycles. The second-order valence-electron chi connectivity index (χ2n) is 11.7. The van der Waals surface area contributed by atoms with E-state index in [-0.39, 0.29) is 24.2 Å². The molecule has 13 nitrogen and oxygen atoms in total. The summed E-state index contributed by atoms with van der Waals surface area (Å²) in [4.78, 5) is 13.6. The van der Waals surface area contributed by atoms with Crippen molar-refractivity contribution in [2.24, 2.45) is 0 Å². The normalized spacial score (nSPS) is 33.8. The van der Waals surface area contributed by atoms with Crippen LogP contribution in [0.15, 0.2) is 35.4 Å². The maximum atomic E-state index is 13.6. The Bertz CT molecular complexity index is 1130. The lowest BCUT2D eigenvalue weighted by atomic mass is 9.84. The zero-order chi connectivity index (χ0) is 32.9. The first-order chi connectivity index (χ1) is 20.7. The number of carbonyl (C=O) groups is 1. The zero-order valence-electron chi connectivity index (χ0n) is 25.9. The number of hydrogen-bond acceptors (Lipinski definition) is 13. The van der Waals surface area contributed by atoms with Gasteiger partial charge in [-0.2, -0.15) is 0 Å². The van der Waals surface area contributed by atoms with Crippen molar-refractivity contribution in [3.8, 4) is 5.75 Å². The molecule has 7 N–H and O–H groups in total. The number of benzene rings is 1. The summed E-state index contributed by atoms with van der Waals surface area (Å²) in [7, 11) is 2.53. The van der Waals surface area contributed by atoms with E-state index in [1.807, 2.05) is 39.8 Å². The highest BCUT2D eigenvalue weighted by Gasteiger charge is 2.52. The van der Waals surface area contributed by atoms with Crippen LogP contribution in [0.25, 0.3) is 0 Å². The van der Waals surface area contributed by atoms with Crippen LogP contribution in [0.5, 0.6) is 5.75 Å². The quantitative estimate of drug-likeness (QED) is 0.123. The maximum absolute atomic E-state index is 13.6. The molecule has 0 radical (unpaired) electrons. The molecule has 1 saturated heterocycles. The van der Waals surface area contributed by atoms with E-state index in [1.54, 1.807) is 0 Å². The third kappa shape index (κ3) is 8.04. The number of ether oxygens (including phenoxy) is 5. The van der Waals surface area contributed by atoms with Gasteiger partial charge in [0.25, 0.3) is 0 Å². The van der Waals surface area contributed by atoms with Gasteiger partial charge in [-0.25, -0.2) is 4.79 Å². The summed E-state index contributed by atoms with van der Waals surface area (Å²) in [5.74, 6) is -0.621. The van der Waals surface area contributed by atoms with Crippen LogP contribution in [-0.4, -0.2) is 130 Å². The predicted octanol–water partition coefficient (Wildman–Crippen LogP) is -0.466. The van der Waals surface area contributed by atoms with Gasteiger partial charge in [0, 0.05) is 14.2 Å². The van der Waals surface area contributed by atoms with E-state index < -0.39 is 79.9 Å². The first-order valence-corrected chi connectivity index (χ1v) is 14.5. The summed E-state index contributed by atoms with van der Waals surface area (Å²) in [6.07, 6.45) is -11.6. The lowest BCUT2D eigenvalue weighted by Gasteiger charge is -2.43. The number of hydrogen-bond donors (Lipinski definition) is 7. The minimum Gasteiger partial charge on any atom is -0.461 e. The molecule has 1 aliphatic carbocycles. The van der Waals surface area contributed by atoms with E-state index in [4.69, 9.17) is 23.7 Å². The Hall–Kier alpha value is -2.43. The van der Waals surface area contributed by atoms with Crippen LogP contribution in [-0.2, 0) is 31.8 Å². The van der Waals surface area contributed by atoms with E-state index in [0.29, 0.717) is 11.1 Å². The first-order valence-electron chi connectivity index (χ1n) is 14.5. The molecule has 0 amide bonds. The molecule has 44 heavy (non-hydrogen) atoms. The molecule has 0 spiro atoms. The van der Waals surface area contributed by atoms with Gasteiger partial charge in [0.2, 0.25) is 6.29 Å². The third-order valence-corrected chi connectivity index (χ3v) is 7.83. The molecule has 0 aromatic heterocycles. The summed E-state index contributed by atoms with van der Waals surface area (Å²) in [5.41, 5.74) is 2.97. The number of methoxy groups -OCH3 is 2. The Morgan fingerprint density at radius 3 is 1.75 bits per heavy atom. The largest absolute Gasteiger partial charge is 0.461 e. The molecule has 2 aliphatic rings. The van der Waals surface area contributed by atoms with Crippen LogP contribution in [0.4, 0.5) is 0 Å². The summed E-state index contributed by atoms with van der Waals surface area (Å²) < 4.78 is 27.8. The molecule has 0 bridgehead atoms. The second-order valence-corrected chi connectivity index (χ2v) is 11.7. The molecule has 11 atom stereocenters. The van der Waals surface area contributed by atoms with Gasteiger partial charge in [-0.05, 0) is 63.8 Å². The van der Waals surface area contributed by atoms with Crippen LogP contribution in [0.3, 0.4) is 0 Å². The molecule has 248 valence electrons. The molecular formula is C31H46O13. The smallest absolute Gasteiger partial charge is 0.338 e. The van der Waals surface area contributed by atoms with Crippen molar-refractivity contribution in [1.82, 2.24) is 0 Å². The van der Waals surface area contributed by atoms with Crippen LogP contribution < -0.4 is 4.74 Å². The predicted molar refractivity (Wildman–Crippen MR) is 156 cm³/mol. The lowest BCUT2D eigenvalue weighted by Crippen LogP contribution is -2.65. The number of allylic oxidation sites excluding steroid dienone is 4. The molecule has 1 aromatic rings. The van der Waals surface area contributed by atoms with E-state index in [0.717, 1.165) is 11.1 Å². The van der Waals surface area contributed by atoms with Crippen LogP contribution in [0.2, 0.25) is 0 Å². The standard InChI is InChI=1S/C31H46O13/c1-14(2)7-9-16-11-18(30(39)43-29-23(36)22(35)27(40-5)25(38)28(29)41-6)12-17(10-8-15(3)4)26(16)44-31-24(37)21(34)20(33)19(13-32)42-31/h7-8,11-12,19-25,27-29,31-38H,9-10,13H2,1-6H3/t19-,20-,21+,22-,23-,24-,25+,27+,28+,29+,31+/m1/s1. The fourth-order valence-corrected chi connectivity index (χ4v) is 5.28. The fraction of sp³-hybridized carbons (Fsp3) is 0.645. The van der Waals surface area contributed by atoms with Crippen molar-refractivity contribution < 1.29 is 64.2 Å². The average molecular weight is 627 g/mol. The molecule has 1 saturated carbocycles. The first kappa shape index (κ1) is 36.0. The SMILES string of the molecule is CO[C@H]1[C@H](O)[C@@H](O)[C@H](OC(=O)c2cc(CC=C(C)C)c(O[C@@H]3O[C@H](CO)[C@@H](O)[C@H](O)[C@H]3O)c(CC=C(C)C)c2)[C@@H](OC)[C@H]1O. The molecular weight excluding hydrogens is 580 g/mol. The van der Waals surface area contributed by atoms with Gasteiger partial charge in [0.15, 0.2) is 6.10 Å². The van der Waals surface area contributed by atoms with E-state index in [1.165, 1.54) is 26.4 Å². The van der Waals surface area contributed by atoms with Crippen molar-refractivity contribution in [2.75, 3.05) is 20.8 Å². The highest BCUT2D eigenvalue weighted by atomic mass is 16.7. The molecule has 0 unspecified atom stereocenters. The Labute approximate surface area is 256 Å². The Balaban J connectivity index is 2.06. The number of esters is 1. The van der Waals surface area contributed by atoms with Gasteiger partial charge in [-0.15, -0.1) is 0 Å². The van der Waals surface area contributed by atoms with Crippen molar-refractivity contribution >= 4 is 5.97 Å². The monoisotopic (exact) mass is 626 g/mol. The van der Waals surface area contributed by atoms with E-state index in [9.17, 15) is 40.5 Å². The number of rotatable bonds is 11. The minimum atomic E-state index is -1.66. The van der Waals surface area contributed by atoms with Crippen molar-refractivity contribution in [3.05, 3.63) is 52.1 Å². The molecule has 1 aromatic carbocycles. The minimum absolute atomic E-state index is 0.0698. The third-order valence-electron chi connectivity index (χ3n) is 7.83. The van der Waals surface area contributed by atoms with Gasteiger partial charge in [-0.3, -0.25) is 0 Å². The number of aliphatic hydroxyl groups excluding tert-OH is 7. The zero-order valence-corrected chi connectivity index (χ0v) is 25.9. The maximum Gasteiger partial charge on any atom is 0.338 e. The summed E-state index contributed by atoms with van der Waals surface area (Å²) >= 11 is 0. The van der Waals surface area contributed by atoms with Crippen molar-refractivity contribution in [3.63, 3.8) is 0 Å². The van der Waals surface area contributed by atoms with Gasteiger partial charge in [0.1, 0.15) is 60.7 Å². The van der Waals surface area contributed by atoms with Crippen LogP contribution in [0.1, 0.15) is 49.2 Å². The second kappa shape index (κ2) is 15.7. The lowest BCUT2D eigenvalue weighted by molar-refractivity contribution is -0.277. The van der Waals surface area contributed by atoms with Crippen LogP contribution >= 0.6 is 0 Å². The average Bonchev–Trinajstić information content (AvgIpc) is 2.98. The molecule has 2 fully saturated rings. The number of aliphatic hydroxyl groups is 7. The van der Waals surface area contributed by atoms with Crippen molar-refractivity contribution in [1.29, 1.82) is 0 Å². The Kier molecular flexibility index (Phi) is 12.9.